The Bertz CT molecular complexity index is 4370. The van der Waals surface area contributed by atoms with E-state index in [1.54, 1.807) is 0 Å². The Labute approximate surface area is 490 Å². The molecule has 0 N–H and O–H groups in total. The maximum absolute atomic E-state index is 9.86. The summed E-state index contributed by atoms with van der Waals surface area (Å²) in [6.07, 6.45) is 6.41. The van der Waals surface area contributed by atoms with Crippen LogP contribution in [0.15, 0.2) is 156 Å². The molecule has 14 rings (SSSR count). The summed E-state index contributed by atoms with van der Waals surface area (Å²) in [5.41, 5.74) is 20.2. The molecular formula is C76H82BN3O. The highest BCUT2D eigenvalue weighted by molar-refractivity contribution is 7.00. The van der Waals surface area contributed by atoms with Crippen molar-refractivity contribution in [3.8, 4) is 0 Å². The van der Waals surface area contributed by atoms with Crippen LogP contribution in [0.4, 0.5) is 51.2 Å². The van der Waals surface area contributed by atoms with Gasteiger partial charge in [-0.1, -0.05) is 177 Å². The zero-order chi connectivity index (χ0) is 61.1. The highest BCUT2D eigenvalue weighted by atomic mass is 16.3. The molecule has 0 saturated heterocycles. The first kappa shape index (κ1) is 46.6. The maximum atomic E-state index is 9.86. The van der Waals surface area contributed by atoms with Crippen molar-refractivity contribution in [1.29, 1.82) is 0 Å². The number of rotatable bonds is 5. The summed E-state index contributed by atoms with van der Waals surface area (Å²) < 4.78 is 54.9. The average Bonchev–Trinajstić information content (AvgIpc) is 1.15. The predicted octanol–water partition coefficient (Wildman–Crippen LogP) is 19.5. The van der Waals surface area contributed by atoms with Gasteiger partial charge in [0.05, 0.1) is 23.9 Å². The summed E-state index contributed by atoms with van der Waals surface area (Å²) in [7, 11) is 0. The topological polar surface area (TPSA) is 22.9 Å². The van der Waals surface area contributed by atoms with Crippen LogP contribution in [0, 0.1) is 0 Å². The number of benzene rings is 8. The van der Waals surface area contributed by atoms with Gasteiger partial charge in [0.15, 0.2) is 0 Å². The lowest BCUT2D eigenvalue weighted by molar-refractivity contribution is 0.332. The van der Waals surface area contributed by atoms with Crippen molar-refractivity contribution in [2.45, 2.75) is 180 Å². The SMILES string of the molecule is [2H]c1c([2H])c([2H])c(N(c2cc3c4c(c2)N(c2ccc5c(c2)C(C)(C)CCC5(C)C)c2c(oc5cc(C(C)(C)C)ccc25)B4c2cc4c(cc2N3c2ccc3c(c2)C(C)(C)CCC3(C)C)C(C)(C)CCC4(C)C)c2ccc3ccccc3c2)c([2H])c1[2H]. The molecule has 81 heavy (non-hydrogen) atoms. The zero-order valence-electron chi connectivity index (χ0n) is 55.6. The molecule has 0 bridgehead atoms. The van der Waals surface area contributed by atoms with Crippen LogP contribution in [0.1, 0.15) is 188 Å². The minimum atomic E-state index is -0.431. The van der Waals surface area contributed by atoms with Crippen LogP contribution < -0.4 is 31.3 Å². The molecule has 0 spiro atoms. The normalized spacial score (nSPS) is 20.1. The molecule has 3 aliphatic carbocycles. The van der Waals surface area contributed by atoms with Gasteiger partial charge < -0.3 is 19.1 Å². The molecule has 0 unspecified atom stereocenters. The molecule has 1 aromatic heterocycles. The van der Waals surface area contributed by atoms with Gasteiger partial charge in [0.2, 0.25) is 0 Å². The van der Waals surface area contributed by atoms with Gasteiger partial charge in [0.25, 0.3) is 6.71 Å². The van der Waals surface area contributed by atoms with E-state index in [1.165, 1.54) is 44.4 Å². The van der Waals surface area contributed by atoms with Crippen LogP contribution in [-0.2, 0) is 37.9 Å². The number of anilines is 9. The average molecular weight is 1070 g/mol. The van der Waals surface area contributed by atoms with Crippen LogP contribution in [0.25, 0.3) is 21.7 Å². The van der Waals surface area contributed by atoms with Gasteiger partial charge in [-0.2, -0.15) is 0 Å². The second-order valence-corrected chi connectivity index (χ2v) is 29.8. The van der Waals surface area contributed by atoms with E-state index in [0.29, 0.717) is 11.4 Å². The third-order valence-corrected chi connectivity index (χ3v) is 20.6. The summed E-state index contributed by atoms with van der Waals surface area (Å²) in [6.45, 7) is 35.3. The van der Waals surface area contributed by atoms with Gasteiger partial charge in [-0.15, -0.1) is 0 Å². The van der Waals surface area contributed by atoms with Crippen molar-refractivity contribution < 1.29 is 11.3 Å². The van der Waals surface area contributed by atoms with Crippen molar-refractivity contribution in [2.75, 3.05) is 14.7 Å². The fourth-order valence-corrected chi connectivity index (χ4v) is 15.2. The fraction of sp³-hybridized carbons (Fsp3) is 0.368. The van der Waals surface area contributed by atoms with Gasteiger partial charge in [-0.3, -0.25) is 0 Å². The summed E-state index contributed by atoms with van der Waals surface area (Å²) in [6, 6.07) is 43.5. The monoisotopic (exact) mass is 1070 g/mol. The molecule has 410 valence electrons. The minimum Gasteiger partial charge on any atom is -0.468 e. The van der Waals surface area contributed by atoms with Crippen molar-refractivity contribution >= 4 is 96.2 Å². The van der Waals surface area contributed by atoms with E-state index >= 15 is 0 Å². The largest absolute Gasteiger partial charge is 0.468 e. The lowest BCUT2D eigenvalue weighted by Gasteiger charge is -2.47. The third kappa shape index (κ3) is 7.97. The predicted molar refractivity (Wildman–Crippen MR) is 347 cm³/mol. The van der Waals surface area contributed by atoms with E-state index in [9.17, 15) is 5.48 Å². The van der Waals surface area contributed by atoms with Crippen molar-refractivity contribution in [3.63, 3.8) is 0 Å². The smallest absolute Gasteiger partial charge is 0.297 e. The quantitative estimate of drug-likeness (QED) is 0.160. The maximum Gasteiger partial charge on any atom is 0.297 e. The number of hydrogen-bond acceptors (Lipinski definition) is 4. The lowest BCUT2D eigenvalue weighted by Crippen LogP contribution is -2.61. The van der Waals surface area contributed by atoms with E-state index in [-0.39, 0.29) is 74.5 Å². The van der Waals surface area contributed by atoms with Crippen molar-refractivity contribution in [2.24, 2.45) is 0 Å². The molecule has 0 amide bonds. The van der Waals surface area contributed by atoms with E-state index in [0.717, 1.165) is 106 Å². The van der Waals surface area contributed by atoms with Crippen LogP contribution in [-0.4, -0.2) is 6.71 Å². The Balaban J connectivity index is 1.18. The number of hydrogen-bond donors (Lipinski definition) is 0. The van der Waals surface area contributed by atoms with Crippen LogP contribution >= 0.6 is 0 Å². The Morgan fingerprint density at radius 2 is 0.988 bits per heavy atom. The standard InChI is InChI=1S/C76H82BN3O/c1-70(2,3)49-26-30-55-66(40-49)81-69-68(55)80(53-29-32-57-59(42-53)74(10,11)36-34-72(57,6)7)65-44-54(78(50-23-17-16-18-24-50)51-27-25-47-21-19-20-22-48(47)39-51)43-64-67(65)77(69)62-45-60-61(76(14,15)38-37-75(60,12)13)46-63(62)79(64)52-28-31-56-58(41-52)73(8,9)35-33-71(56,4)5/h16-32,39-46H,33-38H2,1-15H3/i16D,17D,18D,23D,24D. The van der Waals surface area contributed by atoms with Crippen molar-refractivity contribution in [1.82, 2.24) is 0 Å². The van der Waals surface area contributed by atoms with E-state index in [1.807, 2.05) is 23.1 Å². The van der Waals surface area contributed by atoms with Gasteiger partial charge in [-0.05, 0) is 216 Å². The molecule has 0 fully saturated rings. The fourth-order valence-electron chi connectivity index (χ4n) is 15.2. The van der Waals surface area contributed by atoms with Crippen LogP contribution in [0.3, 0.4) is 0 Å². The van der Waals surface area contributed by atoms with Gasteiger partial charge in [0.1, 0.15) is 5.58 Å². The summed E-state index contributed by atoms with van der Waals surface area (Å²) in [4.78, 5) is 6.95. The highest BCUT2D eigenvalue weighted by Crippen LogP contribution is 2.56. The number of fused-ring (bicyclic) bond motifs is 10. The molecule has 0 saturated carbocycles. The molecule has 5 heteroatoms. The Morgan fingerprint density at radius 3 is 1.57 bits per heavy atom. The molecule has 0 atom stereocenters. The molecule has 9 aromatic rings. The third-order valence-electron chi connectivity index (χ3n) is 20.6. The summed E-state index contributed by atoms with van der Waals surface area (Å²) in [5, 5.41) is 3.02. The lowest BCUT2D eigenvalue weighted by atomic mass is 9.35. The van der Waals surface area contributed by atoms with E-state index < -0.39 is 6.04 Å². The second-order valence-electron chi connectivity index (χ2n) is 29.8. The van der Waals surface area contributed by atoms with Gasteiger partial charge in [-0.25, -0.2) is 0 Å². The molecule has 8 aromatic carbocycles. The van der Waals surface area contributed by atoms with Crippen LogP contribution in [0.5, 0.6) is 0 Å². The molecule has 5 aliphatic rings. The molecule has 0 radical (unpaired) electrons. The number of para-hydroxylation sites is 1. The number of furan rings is 1. The highest BCUT2D eigenvalue weighted by Gasteiger charge is 2.50. The Hall–Kier alpha value is -6.98. The second kappa shape index (κ2) is 17.3. The van der Waals surface area contributed by atoms with Crippen LogP contribution in [0.2, 0.25) is 0 Å². The molecule has 3 heterocycles. The Kier molecular flexibility index (Phi) is 9.95. The van der Waals surface area contributed by atoms with E-state index in [4.69, 9.17) is 5.79 Å². The van der Waals surface area contributed by atoms with E-state index in [2.05, 4.69) is 217 Å². The van der Waals surface area contributed by atoms with Crippen molar-refractivity contribution in [3.05, 3.63) is 190 Å². The number of nitrogens with zero attached hydrogens (tertiary/aromatic N) is 3. The first-order chi connectivity index (χ1) is 40.3. The zero-order valence-corrected chi connectivity index (χ0v) is 50.6. The minimum absolute atomic E-state index is 0.0178. The first-order valence-electron chi connectivity index (χ1n) is 32.5. The molecule has 2 aliphatic heterocycles. The van der Waals surface area contributed by atoms with Gasteiger partial charge >= 0.3 is 0 Å². The molecular weight excluding hydrogens is 982 g/mol. The summed E-state index contributed by atoms with van der Waals surface area (Å²) in [5.74, 6) is 0. The van der Waals surface area contributed by atoms with Gasteiger partial charge in [0, 0.05) is 45.2 Å². The Morgan fingerprint density at radius 1 is 0.469 bits per heavy atom. The first-order valence-corrected chi connectivity index (χ1v) is 30.0. The summed E-state index contributed by atoms with van der Waals surface area (Å²) >= 11 is 0. The molecule has 4 nitrogen and oxygen atoms in total.